The highest BCUT2D eigenvalue weighted by Gasteiger charge is 2.16. The lowest BCUT2D eigenvalue weighted by Gasteiger charge is -2.07. The van der Waals surface area contributed by atoms with E-state index in [1.165, 1.54) is 0 Å². The highest BCUT2D eigenvalue weighted by atomic mass is 16.1. The third-order valence-corrected chi connectivity index (χ3v) is 2.67. The summed E-state index contributed by atoms with van der Waals surface area (Å²) in [5.74, 6) is -0.185. The molecular formula is C13H23NO. The van der Waals surface area contributed by atoms with E-state index in [2.05, 4.69) is 19.9 Å². The highest BCUT2D eigenvalue weighted by molar-refractivity contribution is 5.83. The number of nitriles is 1. The van der Waals surface area contributed by atoms with Crippen molar-refractivity contribution in [3.8, 4) is 6.07 Å². The largest absolute Gasteiger partial charge is 0.298 e. The van der Waals surface area contributed by atoms with Crippen LogP contribution in [0.25, 0.3) is 0 Å². The Balaban J connectivity index is 3.74. The Bertz CT molecular complexity index is 205. The van der Waals surface area contributed by atoms with Gasteiger partial charge in [-0.25, -0.2) is 0 Å². The molecule has 0 radical (unpaired) electrons. The summed E-state index contributed by atoms with van der Waals surface area (Å²) in [6, 6.07) is 2.14. The van der Waals surface area contributed by atoms with Gasteiger partial charge in [0.15, 0.2) is 0 Å². The van der Waals surface area contributed by atoms with Gasteiger partial charge in [0.05, 0.1) is 6.07 Å². The molecule has 0 N–H and O–H groups in total. The monoisotopic (exact) mass is 209 g/mol. The van der Waals surface area contributed by atoms with Crippen LogP contribution in [0.15, 0.2) is 0 Å². The second-order valence-corrected chi connectivity index (χ2v) is 4.10. The lowest BCUT2D eigenvalue weighted by atomic mass is 9.95. The smallest absolute Gasteiger partial charge is 0.149 e. The quantitative estimate of drug-likeness (QED) is 0.541. The van der Waals surface area contributed by atoms with E-state index >= 15 is 0 Å². The summed E-state index contributed by atoms with van der Waals surface area (Å²) in [6.07, 6.45) is 7.80. The van der Waals surface area contributed by atoms with Crippen molar-refractivity contribution in [2.75, 3.05) is 0 Å². The molecule has 0 aromatic carbocycles. The zero-order chi connectivity index (χ0) is 11.5. The number of unbranched alkanes of at least 4 members (excludes halogenated alkanes) is 4. The lowest BCUT2D eigenvalue weighted by Crippen LogP contribution is -2.12. The number of rotatable bonds is 9. The Morgan fingerprint density at radius 1 is 1.13 bits per heavy atom. The van der Waals surface area contributed by atoms with E-state index in [0.29, 0.717) is 6.42 Å². The molecule has 0 heterocycles. The van der Waals surface area contributed by atoms with E-state index < -0.39 is 0 Å². The van der Waals surface area contributed by atoms with Gasteiger partial charge in [-0.05, 0) is 12.8 Å². The summed E-state index contributed by atoms with van der Waals surface area (Å²) in [4.78, 5) is 11.6. The average molecular weight is 209 g/mol. The number of nitrogens with zero attached hydrogens (tertiary/aromatic N) is 1. The van der Waals surface area contributed by atoms with Crippen LogP contribution in [-0.4, -0.2) is 5.78 Å². The molecule has 15 heavy (non-hydrogen) atoms. The van der Waals surface area contributed by atoms with Crippen molar-refractivity contribution in [2.45, 2.75) is 65.2 Å². The van der Waals surface area contributed by atoms with Crippen LogP contribution in [0.1, 0.15) is 65.2 Å². The van der Waals surface area contributed by atoms with Gasteiger partial charge >= 0.3 is 0 Å². The maximum Gasteiger partial charge on any atom is 0.149 e. The van der Waals surface area contributed by atoms with E-state index in [4.69, 9.17) is 5.26 Å². The molecule has 0 fully saturated rings. The van der Waals surface area contributed by atoms with Gasteiger partial charge in [-0.15, -0.1) is 0 Å². The summed E-state index contributed by atoms with van der Waals surface area (Å²) in [5.41, 5.74) is 0. The standard InChI is InChI=1S/C13H23NO/c1-3-5-7-9-12(11-14)13(15)10-8-6-4-2/h12H,3-10H2,1-2H3. The minimum Gasteiger partial charge on any atom is -0.298 e. The van der Waals surface area contributed by atoms with E-state index in [1.807, 2.05) is 0 Å². The van der Waals surface area contributed by atoms with Crippen molar-refractivity contribution in [3.63, 3.8) is 0 Å². The summed E-state index contributed by atoms with van der Waals surface area (Å²) in [7, 11) is 0. The van der Waals surface area contributed by atoms with Gasteiger partial charge < -0.3 is 0 Å². The molecule has 0 bridgehead atoms. The Hall–Kier alpha value is -0.840. The molecule has 1 atom stereocenters. The average Bonchev–Trinajstić information content (AvgIpc) is 2.24. The summed E-state index contributed by atoms with van der Waals surface area (Å²) < 4.78 is 0. The van der Waals surface area contributed by atoms with Crippen molar-refractivity contribution >= 4 is 5.78 Å². The second-order valence-electron chi connectivity index (χ2n) is 4.10. The molecule has 2 nitrogen and oxygen atoms in total. The minimum absolute atomic E-state index is 0.155. The first-order chi connectivity index (χ1) is 7.26. The molecular weight excluding hydrogens is 186 g/mol. The normalized spacial score (nSPS) is 12.1. The third kappa shape index (κ3) is 7.13. The van der Waals surface area contributed by atoms with Crippen LogP contribution in [0.4, 0.5) is 0 Å². The Kier molecular flexibility index (Phi) is 9.16. The Morgan fingerprint density at radius 3 is 2.27 bits per heavy atom. The fourth-order valence-electron chi connectivity index (χ4n) is 1.62. The SMILES string of the molecule is CCCCCC(=O)C(C#N)CCCCC. The molecule has 0 rings (SSSR count). The van der Waals surface area contributed by atoms with Crippen LogP contribution >= 0.6 is 0 Å². The third-order valence-electron chi connectivity index (χ3n) is 2.67. The Labute approximate surface area is 93.7 Å². The number of hydrogen-bond donors (Lipinski definition) is 0. The zero-order valence-corrected chi connectivity index (χ0v) is 10.1. The van der Waals surface area contributed by atoms with Gasteiger partial charge in [-0.3, -0.25) is 4.79 Å². The highest BCUT2D eigenvalue weighted by Crippen LogP contribution is 2.13. The van der Waals surface area contributed by atoms with Crippen molar-refractivity contribution < 1.29 is 4.79 Å². The van der Waals surface area contributed by atoms with E-state index in [-0.39, 0.29) is 11.7 Å². The van der Waals surface area contributed by atoms with Crippen LogP contribution in [0.3, 0.4) is 0 Å². The molecule has 0 aromatic rings. The molecule has 0 aromatic heterocycles. The summed E-state index contributed by atoms with van der Waals surface area (Å²) >= 11 is 0. The lowest BCUT2D eigenvalue weighted by molar-refractivity contribution is -0.121. The van der Waals surface area contributed by atoms with Gasteiger partial charge in [0.25, 0.3) is 0 Å². The van der Waals surface area contributed by atoms with Crippen LogP contribution in [-0.2, 0) is 4.79 Å². The molecule has 0 saturated carbocycles. The molecule has 0 aliphatic heterocycles. The fraction of sp³-hybridized carbons (Fsp3) is 0.846. The van der Waals surface area contributed by atoms with Crippen LogP contribution in [0.5, 0.6) is 0 Å². The van der Waals surface area contributed by atoms with Gasteiger partial charge in [-0.2, -0.15) is 5.26 Å². The minimum atomic E-state index is -0.339. The number of Topliss-reactive ketones (excluding diaryl/α,β-unsaturated/α-hetero) is 1. The zero-order valence-electron chi connectivity index (χ0n) is 10.1. The summed E-state index contributed by atoms with van der Waals surface area (Å²) in [6.45, 7) is 4.25. The van der Waals surface area contributed by atoms with E-state index in [0.717, 1.165) is 44.9 Å². The first-order valence-electron chi connectivity index (χ1n) is 6.18. The number of carbonyl (C=O) groups excluding carboxylic acids is 1. The molecule has 0 spiro atoms. The molecule has 2 heteroatoms. The molecule has 1 unspecified atom stereocenters. The van der Waals surface area contributed by atoms with Gasteiger partial charge in [-0.1, -0.05) is 46.0 Å². The maximum absolute atomic E-state index is 11.6. The summed E-state index contributed by atoms with van der Waals surface area (Å²) in [5, 5.41) is 8.88. The fourth-order valence-corrected chi connectivity index (χ4v) is 1.62. The molecule has 0 saturated heterocycles. The Morgan fingerprint density at radius 2 is 1.73 bits per heavy atom. The van der Waals surface area contributed by atoms with Crippen molar-refractivity contribution in [2.24, 2.45) is 5.92 Å². The first-order valence-corrected chi connectivity index (χ1v) is 6.18. The second kappa shape index (κ2) is 9.71. The van der Waals surface area contributed by atoms with Crippen LogP contribution in [0.2, 0.25) is 0 Å². The molecule has 0 aliphatic carbocycles. The van der Waals surface area contributed by atoms with Crippen molar-refractivity contribution in [1.29, 1.82) is 5.26 Å². The maximum atomic E-state index is 11.6. The van der Waals surface area contributed by atoms with Gasteiger partial charge in [0.1, 0.15) is 11.7 Å². The van der Waals surface area contributed by atoms with E-state index in [9.17, 15) is 4.79 Å². The predicted octanol–water partition coefficient (Wildman–Crippen LogP) is 3.86. The van der Waals surface area contributed by atoms with E-state index in [1.54, 1.807) is 0 Å². The number of hydrogen-bond acceptors (Lipinski definition) is 2. The topological polar surface area (TPSA) is 40.9 Å². The van der Waals surface area contributed by atoms with Crippen molar-refractivity contribution in [1.82, 2.24) is 0 Å². The van der Waals surface area contributed by atoms with Crippen LogP contribution in [0, 0.1) is 17.2 Å². The molecule has 86 valence electrons. The number of ketones is 1. The first kappa shape index (κ1) is 14.2. The predicted molar refractivity (Wildman–Crippen MR) is 62.4 cm³/mol. The van der Waals surface area contributed by atoms with Gasteiger partial charge in [0, 0.05) is 6.42 Å². The van der Waals surface area contributed by atoms with Gasteiger partial charge in [0.2, 0.25) is 0 Å². The number of carbonyl (C=O) groups is 1. The van der Waals surface area contributed by atoms with Crippen molar-refractivity contribution in [3.05, 3.63) is 0 Å². The molecule has 0 amide bonds. The molecule has 0 aliphatic rings. The van der Waals surface area contributed by atoms with Crippen LogP contribution < -0.4 is 0 Å².